The van der Waals surface area contributed by atoms with Gasteiger partial charge in [0.2, 0.25) is 0 Å². The predicted octanol–water partition coefficient (Wildman–Crippen LogP) is 5.87. The third-order valence-electron chi connectivity index (χ3n) is 3.58. The van der Waals surface area contributed by atoms with E-state index in [0.29, 0.717) is 18.4 Å². The van der Waals surface area contributed by atoms with Crippen LogP contribution in [0, 0.1) is 12.8 Å². The lowest BCUT2D eigenvalue weighted by atomic mass is 10.0. The number of hydrogen-bond acceptors (Lipinski definition) is 1. The highest BCUT2D eigenvalue weighted by Crippen LogP contribution is 2.13. The Bertz CT molecular complexity index is 383. The van der Waals surface area contributed by atoms with Gasteiger partial charge < -0.3 is 5.11 Å². The topological polar surface area (TPSA) is 20.2 Å². The van der Waals surface area contributed by atoms with Crippen LogP contribution in [0.3, 0.4) is 0 Å². The quantitative estimate of drug-likeness (QED) is 0.650. The highest BCUT2D eigenvalue weighted by molar-refractivity contribution is 5.23. The Labute approximate surface area is 132 Å². The highest BCUT2D eigenvalue weighted by Gasteiger charge is 1.98. The first-order valence-corrected chi connectivity index (χ1v) is 8.17. The van der Waals surface area contributed by atoms with Gasteiger partial charge in [0.25, 0.3) is 0 Å². The molecule has 1 N–H and O–H groups in total. The minimum atomic E-state index is 0.329. The molecule has 0 saturated carbocycles. The molecule has 0 amide bonds. The lowest BCUT2D eigenvalue weighted by Crippen LogP contribution is -1.96. The van der Waals surface area contributed by atoms with Gasteiger partial charge in [0.05, 0.1) is 0 Å². The maximum Gasteiger partial charge on any atom is 0.0433 e. The summed E-state index contributed by atoms with van der Waals surface area (Å²) in [6, 6.07) is 8.71. The van der Waals surface area contributed by atoms with Crippen LogP contribution in [0.25, 0.3) is 0 Å². The van der Waals surface area contributed by atoms with Crippen molar-refractivity contribution < 1.29 is 5.11 Å². The van der Waals surface area contributed by atoms with Gasteiger partial charge >= 0.3 is 0 Å². The average Bonchev–Trinajstić information content (AvgIpc) is 2.39. The van der Waals surface area contributed by atoms with Crippen molar-refractivity contribution in [3.05, 3.63) is 47.0 Å². The smallest absolute Gasteiger partial charge is 0.0433 e. The zero-order valence-corrected chi connectivity index (χ0v) is 14.8. The van der Waals surface area contributed by atoms with Gasteiger partial charge in [-0.1, -0.05) is 62.2 Å². The molecule has 0 aliphatic heterocycles. The van der Waals surface area contributed by atoms with E-state index in [0.717, 1.165) is 12.8 Å². The fourth-order valence-corrected chi connectivity index (χ4v) is 1.97. The van der Waals surface area contributed by atoms with Crippen LogP contribution in [0.15, 0.2) is 35.9 Å². The summed E-state index contributed by atoms with van der Waals surface area (Å²) in [5, 5.41) is 8.63. The van der Waals surface area contributed by atoms with Gasteiger partial charge in [0.15, 0.2) is 0 Å². The maximum atomic E-state index is 8.63. The number of aryl methyl sites for hydroxylation is 1. The number of hydrogen-bond donors (Lipinski definition) is 1. The zero-order chi connectivity index (χ0) is 16.3. The van der Waals surface area contributed by atoms with Crippen LogP contribution in [0.1, 0.15) is 70.9 Å². The standard InChI is InChI=1S/C10H20O.C10H14/c1-9(2)5-4-6-10(3)7-8-11;1-8(2)10-6-4-9(3)5-7-10/h5,10-11H,4,6-8H2,1-3H3;4-8H,1-3H3. The molecule has 0 heterocycles. The third kappa shape index (κ3) is 11.3. The molecule has 0 aliphatic rings. The van der Waals surface area contributed by atoms with Crippen molar-refractivity contribution in [2.75, 3.05) is 6.61 Å². The average molecular weight is 290 g/mol. The molecule has 1 aromatic rings. The Morgan fingerprint density at radius 3 is 2.05 bits per heavy atom. The van der Waals surface area contributed by atoms with Gasteiger partial charge in [-0.15, -0.1) is 0 Å². The minimum Gasteiger partial charge on any atom is -0.396 e. The van der Waals surface area contributed by atoms with E-state index in [1.807, 2.05) is 0 Å². The number of aliphatic hydroxyl groups excluding tert-OH is 1. The predicted molar refractivity (Wildman–Crippen MR) is 94.8 cm³/mol. The van der Waals surface area contributed by atoms with Gasteiger partial charge in [-0.05, 0) is 57.4 Å². The number of rotatable bonds is 6. The second-order valence-corrected chi connectivity index (χ2v) is 6.54. The normalized spacial score (nSPS) is 11.6. The van der Waals surface area contributed by atoms with Crippen LogP contribution in [0.4, 0.5) is 0 Å². The van der Waals surface area contributed by atoms with E-state index in [9.17, 15) is 0 Å². The summed E-state index contributed by atoms with van der Waals surface area (Å²) >= 11 is 0. The van der Waals surface area contributed by atoms with Crippen molar-refractivity contribution in [1.29, 1.82) is 0 Å². The summed E-state index contributed by atoms with van der Waals surface area (Å²) < 4.78 is 0. The molecular formula is C20H34O. The van der Waals surface area contributed by atoms with E-state index in [4.69, 9.17) is 5.11 Å². The number of benzene rings is 1. The Balaban J connectivity index is 0.000000382. The molecule has 1 heteroatoms. The van der Waals surface area contributed by atoms with E-state index in [-0.39, 0.29) is 0 Å². The minimum absolute atomic E-state index is 0.329. The molecule has 0 aromatic heterocycles. The van der Waals surface area contributed by atoms with Crippen LogP contribution in [0.2, 0.25) is 0 Å². The number of aliphatic hydroxyl groups is 1. The van der Waals surface area contributed by atoms with Crippen LogP contribution in [-0.2, 0) is 0 Å². The van der Waals surface area contributed by atoms with Crippen molar-refractivity contribution in [3.63, 3.8) is 0 Å². The van der Waals surface area contributed by atoms with E-state index < -0.39 is 0 Å². The highest BCUT2D eigenvalue weighted by atomic mass is 16.3. The maximum absolute atomic E-state index is 8.63. The molecule has 1 aromatic carbocycles. The second kappa shape index (κ2) is 11.6. The Kier molecular flexibility index (Phi) is 11.0. The summed E-state index contributed by atoms with van der Waals surface area (Å²) in [4.78, 5) is 0. The lowest BCUT2D eigenvalue weighted by molar-refractivity contribution is 0.259. The molecule has 0 aliphatic carbocycles. The molecule has 1 unspecified atom stereocenters. The molecule has 1 atom stereocenters. The molecule has 0 saturated heterocycles. The second-order valence-electron chi connectivity index (χ2n) is 6.54. The van der Waals surface area contributed by atoms with Crippen molar-refractivity contribution in [1.82, 2.24) is 0 Å². The third-order valence-corrected chi connectivity index (χ3v) is 3.58. The van der Waals surface area contributed by atoms with E-state index in [2.05, 4.69) is 71.9 Å². The van der Waals surface area contributed by atoms with Crippen molar-refractivity contribution in [3.8, 4) is 0 Å². The molecule has 0 radical (unpaired) electrons. The van der Waals surface area contributed by atoms with E-state index >= 15 is 0 Å². The molecule has 1 nitrogen and oxygen atoms in total. The van der Waals surface area contributed by atoms with Crippen molar-refractivity contribution in [2.45, 2.75) is 66.7 Å². The lowest BCUT2D eigenvalue weighted by Gasteiger charge is -2.06. The summed E-state index contributed by atoms with van der Waals surface area (Å²) in [7, 11) is 0. The Morgan fingerprint density at radius 2 is 1.62 bits per heavy atom. The van der Waals surface area contributed by atoms with E-state index in [1.54, 1.807) is 0 Å². The van der Waals surface area contributed by atoms with Crippen LogP contribution in [-0.4, -0.2) is 11.7 Å². The summed E-state index contributed by atoms with van der Waals surface area (Å²) in [5.74, 6) is 1.32. The van der Waals surface area contributed by atoms with E-state index in [1.165, 1.54) is 23.1 Å². The van der Waals surface area contributed by atoms with Gasteiger partial charge in [-0.25, -0.2) is 0 Å². The molecule has 21 heavy (non-hydrogen) atoms. The summed E-state index contributed by atoms with van der Waals surface area (Å²) in [5.41, 5.74) is 4.15. The monoisotopic (exact) mass is 290 g/mol. The first-order valence-electron chi connectivity index (χ1n) is 8.17. The molecule has 0 fully saturated rings. The Hall–Kier alpha value is -1.08. The van der Waals surface area contributed by atoms with Gasteiger partial charge in [-0.2, -0.15) is 0 Å². The van der Waals surface area contributed by atoms with Crippen LogP contribution >= 0.6 is 0 Å². The van der Waals surface area contributed by atoms with Gasteiger partial charge in [0.1, 0.15) is 0 Å². The van der Waals surface area contributed by atoms with Gasteiger partial charge in [0, 0.05) is 6.61 Å². The first-order chi connectivity index (χ1) is 9.86. The van der Waals surface area contributed by atoms with Crippen molar-refractivity contribution in [2.24, 2.45) is 5.92 Å². The molecule has 0 spiro atoms. The fraction of sp³-hybridized carbons (Fsp3) is 0.600. The number of allylic oxidation sites excluding steroid dienone is 2. The largest absolute Gasteiger partial charge is 0.396 e. The SMILES string of the molecule is CC(C)=CCCC(C)CCO.Cc1ccc(C(C)C)cc1. The summed E-state index contributed by atoms with van der Waals surface area (Å²) in [6.45, 7) is 13.3. The van der Waals surface area contributed by atoms with Crippen molar-refractivity contribution >= 4 is 0 Å². The molecule has 120 valence electrons. The first kappa shape index (κ1) is 19.9. The zero-order valence-electron chi connectivity index (χ0n) is 14.8. The van der Waals surface area contributed by atoms with Crippen LogP contribution in [0.5, 0.6) is 0 Å². The summed E-state index contributed by atoms with van der Waals surface area (Å²) in [6.07, 6.45) is 5.56. The van der Waals surface area contributed by atoms with Crippen LogP contribution < -0.4 is 0 Å². The molecule has 1 rings (SSSR count). The van der Waals surface area contributed by atoms with Gasteiger partial charge in [-0.3, -0.25) is 0 Å². The Morgan fingerprint density at radius 1 is 1.05 bits per heavy atom. The fourth-order valence-electron chi connectivity index (χ4n) is 1.97. The molecular weight excluding hydrogens is 256 g/mol. The molecule has 0 bridgehead atoms.